The highest BCUT2D eigenvalue weighted by Gasteiger charge is 2.08. The normalized spacial score (nSPS) is 11.2. The number of rotatable bonds is 3. The van der Waals surface area contributed by atoms with Crippen molar-refractivity contribution in [2.45, 2.75) is 6.92 Å². The number of nitrogens with one attached hydrogen (secondary N) is 1. The van der Waals surface area contributed by atoms with Crippen molar-refractivity contribution < 1.29 is 4.79 Å². The van der Waals surface area contributed by atoms with Gasteiger partial charge in [0.1, 0.15) is 0 Å². The topological polar surface area (TPSA) is 41.5 Å². The van der Waals surface area contributed by atoms with Crippen molar-refractivity contribution in [3.63, 3.8) is 0 Å². The van der Waals surface area contributed by atoms with Crippen molar-refractivity contribution in [3.05, 3.63) is 69.7 Å². The highest BCUT2D eigenvalue weighted by atomic mass is 35.5. The summed E-state index contributed by atoms with van der Waals surface area (Å²) in [5, 5.41) is 5.06. The van der Waals surface area contributed by atoms with E-state index in [0.29, 0.717) is 21.3 Å². The Morgan fingerprint density at radius 3 is 2.55 bits per heavy atom. The molecule has 0 unspecified atom stereocenters. The van der Waals surface area contributed by atoms with Crippen LogP contribution >= 0.6 is 23.2 Å². The average molecular weight is 307 g/mol. The molecule has 0 atom stereocenters. The molecule has 0 radical (unpaired) electrons. The molecule has 1 amide bonds. The first-order chi connectivity index (χ1) is 9.58. The summed E-state index contributed by atoms with van der Waals surface area (Å²) in [6.07, 6.45) is 0. The molecule has 2 rings (SSSR count). The highest BCUT2D eigenvalue weighted by molar-refractivity contribution is 6.33. The van der Waals surface area contributed by atoms with Gasteiger partial charge in [-0.2, -0.15) is 5.10 Å². The molecule has 2 aromatic carbocycles. The second-order valence-corrected chi connectivity index (χ2v) is 4.97. The molecule has 0 saturated carbocycles. The third-order valence-corrected chi connectivity index (χ3v) is 3.25. The SMILES string of the molecule is C/C(=N\NC(=O)c1ccccc1Cl)c1cccc(Cl)c1. The lowest BCUT2D eigenvalue weighted by Crippen LogP contribution is -2.19. The van der Waals surface area contributed by atoms with Crippen molar-refractivity contribution in [1.29, 1.82) is 0 Å². The number of halogens is 2. The van der Waals surface area contributed by atoms with Gasteiger partial charge >= 0.3 is 0 Å². The standard InChI is InChI=1S/C15H12Cl2N2O/c1-10(11-5-4-6-12(16)9-11)18-19-15(20)13-7-2-3-8-14(13)17/h2-9H,1H3,(H,19,20)/b18-10+. The van der Waals surface area contributed by atoms with E-state index in [9.17, 15) is 4.79 Å². The van der Waals surface area contributed by atoms with Gasteiger partial charge in [-0.05, 0) is 36.8 Å². The fourth-order valence-corrected chi connectivity index (χ4v) is 2.03. The summed E-state index contributed by atoms with van der Waals surface area (Å²) in [5.41, 5.74) is 4.37. The van der Waals surface area contributed by atoms with Crippen LogP contribution in [0.5, 0.6) is 0 Å². The van der Waals surface area contributed by atoms with E-state index >= 15 is 0 Å². The maximum atomic E-state index is 11.9. The van der Waals surface area contributed by atoms with Crippen LogP contribution in [0, 0.1) is 0 Å². The Kier molecular flexibility index (Phi) is 4.77. The summed E-state index contributed by atoms with van der Waals surface area (Å²) >= 11 is 11.9. The molecule has 3 nitrogen and oxygen atoms in total. The van der Waals surface area contributed by atoms with Crippen molar-refractivity contribution in [1.82, 2.24) is 5.43 Å². The molecule has 2 aromatic rings. The van der Waals surface area contributed by atoms with E-state index in [0.717, 1.165) is 5.56 Å². The van der Waals surface area contributed by atoms with Gasteiger partial charge in [0.25, 0.3) is 5.91 Å². The van der Waals surface area contributed by atoms with E-state index in [1.54, 1.807) is 43.3 Å². The van der Waals surface area contributed by atoms with Gasteiger partial charge in [0.2, 0.25) is 0 Å². The number of amides is 1. The summed E-state index contributed by atoms with van der Waals surface area (Å²) in [7, 11) is 0. The summed E-state index contributed by atoms with van der Waals surface area (Å²) in [4.78, 5) is 11.9. The first kappa shape index (κ1) is 14.6. The number of hydrogen-bond acceptors (Lipinski definition) is 2. The minimum Gasteiger partial charge on any atom is -0.267 e. The van der Waals surface area contributed by atoms with Crippen LogP contribution in [0.15, 0.2) is 53.6 Å². The van der Waals surface area contributed by atoms with Gasteiger partial charge < -0.3 is 0 Å². The Morgan fingerprint density at radius 1 is 1.10 bits per heavy atom. The predicted molar refractivity (Wildman–Crippen MR) is 82.6 cm³/mol. The zero-order valence-corrected chi connectivity index (χ0v) is 12.2. The summed E-state index contributed by atoms with van der Waals surface area (Å²) in [6.45, 7) is 1.79. The van der Waals surface area contributed by atoms with Crippen LogP contribution in [0.4, 0.5) is 0 Å². The number of benzene rings is 2. The number of carbonyl (C=O) groups excluding carboxylic acids is 1. The molecule has 102 valence electrons. The first-order valence-corrected chi connectivity index (χ1v) is 6.68. The molecule has 0 saturated heterocycles. The zero-order chi connectivity index (χ0) is 14.5. The Hall–Kier alpha value is -1.84. The average Bonchev–Trinajstić information content (AvgIpc) is 2.45. The summed E-state index contributed by atoms with van der Waals surface area (Å²) in [5.74, 6) is -0.350. The molecule has 0 heterocycles. The monoisotopic (exact) mass is 306 g/mol. The van der Waals surface area contributed by atoms with Crippen molar-refractivity contribution in [2.24, 2.45) is 5.10 Å². The molecule has 5 heteroatoms. The maximum Gasteiger partial charge on any atom is 0.272 e. The van der Waals surface area contributed by atoms with E-state index < -0.39 is 0 Å². The van der Waals surface area contributed by atoms with Gasteiger partial charge in [0, 0.05) is 5.02 Å². The number of nitrogens with zero attached hydrogens (tertiary/aromatic N) is 1. The predicted octanol–water partition coefficient (Wildman–Crippen LogP) is 4.15. The molecule has 0 aromatic heterocycles. The lowest BCUT2D eigenvalue weighted by Gasteiger charge is -2.04. The van der Waals surface area contributed by atoms with Gasteiger partial charge in [-0.25, -0.2) is 5.43 Å². The molecule has 0 aliphatic rings. The molecule has 0 fully saturated rings. The van der Waals surface area contributed by atoms with Gasteiger partial charge in [-0.1, -0.05) is 47.5 Å². The van der Waals surface area contributed by atoms with Gasteiger partial charge in [-0.3, -0.25) is 4.79 Å². The fraction of sp³-hybridized carbons (Fsp3) is 0.0667. The molecular weight excluding hydrogens is 295 g/mol. The van der Waals surface area contributed by atoms with Gasteiger partial charge in [0.05, 0.1) is 16.3 Å². The van der Waals surface area contributed by atoms with Crippen molar-refractivity contribution in [2.75, 3.05) is 0 Å². The molecule has 1 N–H and O–H groups in total. The van der Waals surface area contributed by atoms with Crippen LogP contribution in [0.2, 0.25) is 10.0 Å². The summed E-state index contributed by atoms with van der Waals surface area (Å²) < 4.78 is 0. The maximum absolute atomic E-state index is 11.9. The number of hydrogen-bond donors (Lipinski definition) is 1. The molecule has 20 heavy (non-hydrogen) atoms. The van der Waals surface area contributed by atoms with Crippen LogP contribution in [-0.4, -0.2) is 11.6 Å². The number of hydrazone groups is 1. The van der Waals surface area contributed by atoms with Crippen LogP contribution in [0.1, 0.15) is 22.8 Å². The molecule has 0 aliphatic heterocycles. The molecular formula is C15H12Cl2N2O. The second-order valence-electron chi connectivity index (χ2n) is 4.13. The lowest BCUT2D eigenvalue weighted by atomic mass is 10.1. The van der Waals surface area contributed by atoms with Crippen LogP contribution in [-0.2, 0) is 0 Å². The van der Waals surface area contributed by atoms with E-state index in [-0.39, 0.29) is 5.91 Å². The second kappa shape index (κ2) is 6.55. The quantitative estimate of drug-likeness (QED) is 0.672. The minimum absolute atomic E-state index is 0.350. The summed E-state index contributed by atoms with van der Waals surface area (Å²) in [6, 6.07) is 14.1. The highest BCUT2D eigenvalue weighted by Crippen LogP contribution is 2.15. The third-order valence-electron chi connectivity index (χ3n) is 2.69. The molecule has 0 bridgehead atoms. The fourth-order valence-electron chi connectivity index (χ4n) is 1.62. The minimum atomic E-state index is -0.350. The van der Waals surface area contributed by atoms with Gasteiger partial charge in [0.15, 0.2) is 0 Å². The number of carbonyl (C=O) groups is 1. The zero-order valence-electron chi connectivity index (χ0n) is 10.7. The molecule has 0 spiro atoms. The van der Waals surface area contributed by atoms with Crippen molar-refractivity contribution in [3.8, 4) is 0 Å². The Balaban J connectivity index is 2.13. The molecule has 0 aliphatic carbocycles. The Labute approximate surface area is 127 Å². The van der Waals surface area contributed by atoms with Crippen LogP contribution in [0.25, 0.3) is 0 Å². The van der Waals surface area contributed by atoms with E-state index in [4.69, 9.17) is 23.2 Å². The van der Waals surface area contributed by atoms with E-state index in [1.165, 1.54) is 0 Å². The van der Waals surface area contributed by atoms with Gasteiger partial charge in [-0.15, -0.1) is 0 Å². The van der Waals surface area contributed by atoms with E-state index in [1.807, 2.05) is 12.1 Å². The lowest BCUT2D eigenvalue weighted by molar-refractivity contribution is 0.0955. The van der Waals surface area contributed by atoms with Crippen LogP contribution < -0.4 is 5.43 Å². The third kappa shape index (κ3) is 3.59. The largest absolute Gasteiger partial charge is 0.272 e. The van der Waals surface area contributed by atoms with Crippen molar-refractivity contribution >= 4 is 34.8 Å². The Bertz CT molecular complexity index is 668. The Morgan fingerprint density at radius 2 is 1.85 bits per heavy atom. The van der Waals surface area contributed by atoms with Crippen LogP contribution in [0.3, 0.4) is 0 Å². The first-order valence-electron chi connectivity index (χ1n) is 5.93. The van der Waals surface area contributed by atoms with E-state index in [2.05, 4.69) is 10.5 Å². The smallest absolute Gasteiger partial charge is 0.267 e.